The second-order valence-corrected chi connectivity index (χ2v) is 4.22. The summed E-state index contributed by atoms with van der Waals surface area (Å²) >= 11 is 0. The van der Waals surface area contributed by atoms with E-state index < -0.39 is 17.9 Å². The molecule has 1 amide bonds. The number of ether oxygens (including phenoxy) is 3. The molecule has 108 valence electrons. The second-order valence-electron chi connectivity index (χ2n) is 4.22. The van der Waals surface area contributed by atoms with Crippen molar-refractivity contribution in [1.82, 2.24) is 4.90 Å². The van der Waals surface area contributed by atoms with Crippen LogP contribution < -0.4 is 0 Å². The van der Waals surface area contributed by atoms with Crippen LogP contribution in [-0.2, 0) is 28.6 Å². The first-order chi connectivity index (χ1) is 9.04. The monoisotopic (exact) mass is 273 g/mol. The number of rotatable bonds is 5. The van der Waals surface area contributed by atoms with Gasteiger partial charge < -0.3 is 19.1 Å². The van der Waals surface area contributed by atoms with Crippen molar-refractivity contribution in [3.63, 3.8) is 0 Å². The van der Waals surface area contributed by atoms with Gasteiger partial charge in [0.2, 0.25) is 5.91 Å². The number of likely N-dealkylation sites (tertiary alicyclic amines) is 1. The number of amides is 1. The molecule has 0 N–H and O–H groups in total. The Balaban J connectivity index is 2.70. The van der Waals surface area contributed by atoms with Crippen LogP contribution in [0.3, 0.4) is 0 Å². The van der Waals surface area contributed by atoms with Crippen LogP contribution in [-0.4, -0.2) is 56.8 Å². The maximum Gasteiger partial charge on any atom is 0.320 e. The summed E-state index contributed by atoms with van der Waals surface area (Å²) in [5.74, 6) is -3.08. The Morgan fingerprint density at radius 1 is 1.16 bits per heavy atom. The van der Waals surface area contributed by atoms with Crippen molar-refractivity contribution in [2.45, 2.75) is 25.5 Å². The summed E-state index contributed by atoms with van der Waals surface area (Å²) in [5.41, 5.74) is 0. The zero-order chi connectivity index (χ0) is 14.4. The fourth-order valence-corrected chi connectivity index (χ4v) is 2.11. The van der Waals surface area contributed by atoms with Crippen LogP contribution in [0.1, 0.15) is 19.3 Å². The lowest BCUT2D eigenvalue weighted by molar-refractivity contribution is -0.162. The first-order valence-corrected chi connectivity index (χ1v) is 6.03. The van der Waals surface area contributed by atoms with E-state index in [1.807, 2.05) is 0 Å². The summed E-state index contributed by atoms with van der Waals surface area (Å²) in [6.45, 7) is 0.562. The Labute approximate surface area is 111 Å². The molecule has 1 unspecified atom stereocenters. The van der Waals surface area contributed by atoms with E-state index in [1.54, 1.807) is 0 Å². The quantitative estimate of drug-likeness (QED) is 0.515. The lowest BCUT2D eigenvalue weighted by atomic mass is 10.1. The molecule has 0 aliphatic carbocycles. The zero-order valence-electron chi connectivity index (χ0n) is 11.4. The van der Waals surface area contributed by atoms with Gasteiger partial charge in [0.15, 0.2) is 5.92 Å². The Morgan fingerprint density at radius 3 is 2.21 bits per heavy atom. The molecule has 1 rings (SSSR count). The molecule has 1 fully saturated rings. The van der Waals surface area contributed by atoms with Crippen molar-refractivity contribution in [1.29, 1.82) is 0 Å². The largest absolute Gasteiger partial charge is 0.468 e. The molecule has 0 aromatic rings. The predicted octanol–water partition coefficient (Wildman–Crippen LogP) is -0.0664. The molecule has 7 heteroatoms. The highest BCUT2D eigenvalue weighted by Gasteiger charge is 2.36. The maximum absolute atomic E-state index is 12.1. The van der Waals surface area contributed by atoms with E-state index in [0.717, 1.165) is 27.1 Å². The molecule has 0 aromatic carbocycles. The van der Waals surface area contributed by atoms with Gasteiger partial charge in [-0.25, -0.2) is 0 Å². The molecule has 0 spiro atoms. The molecule has 19 heavy (non-hydrogen) atoms. The van der Waals surface area contributed by atoms with E-state index in [4.69, 9.17) is 4.74 Å². The van der Waals surface area contributed by atoms with Crippen LogP contribution in [0, 0.1) is 5.92 Å². The van der Waals surface area contributed by atoms with E-state index in [2.05, 4.69) is 9.47 Å². The minimum Gasteiger partial charge on any atom is -0.468 e. The van der Waals surface area contributed by atoms with Crippen molar-refractivity contribution in [2.24, 2.45) is 5.92 Å². The van der Waals surface area contributed by atoms with Crippen molar-refractivity contribution in [2.75, 3.05) is 27.9 Å². The summed E-state index contributed by atoms with van der Waals surface area (Å²) in [6.07, 6.45) is 1.04. The minimum atomic E-state index is -1.22. The van der Waals surface area contributed by atoms with Gasteiger partial charge in [0.25, 0.3) is 0 Å². The highest BCUT2D eigenvalue weighted by molar-refractivity contribution is 5.98. The molecule has 1 heterocycles. The number of carbonyl (C=O) groups excluding carboxylic acids is 3. The van der Waals surface area contributed by atoms with Crippen LogP contribution in [0.15, 0.2) is 0 Å². The van der Waals surface area contributed by atoms with Gasteiger partial charge in [0.1, 0.15) is 6.23 Å². The third-order valence-corrected chi connectivity index (χ3v) is 3.14. The maximum atomic E-state index is 12.1. The van der Waals surface area contributed by atoms with Crippen LogP contribution in [0.25, 0.3) is 0 Å². The van der Waals surface area contributed by atoms with Crippen LogP contribution >= 0.6 is 0 Å². The van der Waals surface area contributed by atoms with Gasteiger partial charge in [0.05, 0.1) is 20.6 Å². The Bertz CT molecular complexity index is 340. The van der Waals surface area contributed by atoms with Gasteiger partial charge in [-0.3, -0.25) is 14.4 Å². The Hall–Kier alpha value is -1.63. The van der Waals surface area contributed by atoms with Crippen molar-refractivity contribution in [3.05, 3.63) is 0 Å². The fourth-order valence-electron chi connectivity index (χ4n) is 2.11. The number of methoxy groups -OCH3 is 3. The van der Waals surface area contributed by atoms with Gasteiger partial charge in [-0.2, -0.15) is 0 Å². The zero-order valence-corrected chi connectivity index (χ0v) is 11.4. The second kappa shape index (κ2) is 7.08. The molecular formula is C12H19NO6. The highest BCUT2D eigenvalue weighted by atomic mass is 16.5. The van der Waals surface area contributed by atoms with Gasteiger partial charge in [-0.15, -0.1) is 0 Å². The van der Waals surface area contributed by atoms with E-state index in [-0.39, 0.29) is 18.6 Å². The predicted molar refractivity (Wildman–Crippen MR) is 63.9 cm³/mol. The average molecular weight is 273 g/mol. The number of nitrogens with zero attached hydrogens (tertiary/aromatic N) is 1. The van der Waals surface area contributed by atoms with Gasteiger partial charge in [-0.1, -0.05) is 0 Å². The third kappa shape index (κ3) is 3.66. The number of hydrogen-bond donors (Lipinski definition) is 0. The highest BCUT2D eigenvalue weighted by Crippen LogP contribution is 2.20. The molecule has 1 aliphatic heterocycles. The molecule has 1 aliphatic rings. The van der Waals surface area contributed by atoms with E-state index in [9.17, 15) is 14.4 Å². The topological polar surface area (TPSA) is 82.1 Å². The summed E-state index contributed by atoms with van der Waals surface area (Å²) < 4.78 is 14.2. The molecule has 1 atom stereocenters. The first-order valence-electron chi connectivity index (χ1n) is 6.03. The third-order valence-electron chi connectivity index (χ3n) is 3.14. The fraction of sp³-hybridized carbons (Fsp3) is 0.750. The van der Waals surface area contributed by atoms with Crippen LogP contribution in [0.2, 0.25) is 0 Å². The number of carbonyl (C=O) groups is 3. The summed E-state index contributed by atoms with van der Waals surface area (Å²) in [5, 5.41) is 0. The van der Waals surface area contributed by atoms with E-state index in [0.29, 0.717) is 6.54 Å². The van der Waals surface area contributed by atoms with Gasteiger partial charge >= 0.3 is 11.9 Å². The van der Waals surface area contributed by atoms with Gasteiger partial charge in [0, 0.05) is 13.7 Å². The standard InChI is InChI=1S/C12H19NO6/c1-17-10-5-4-6-13(10)9(14)7-8(11(15)18-2)12(16)19-3/h8,10H,4-7H2,1-3H3. The Morgan fingerprint density at radius 2 is 1.74 bits per heavy atom. The van der Waals surface area contributed by atoms with E-state index >= 15 is 0 Å². The lowest BCUT2D eigenvalue weighted by Crippen LogP contribution is -2.40. The van der Waals surface area contributed by atoms with Crippen LogP contribution in [0.4, 0.5) is 0 Å². The summed E-state index contributed by atoms with van der Waals surface area (Å²) in [4.78, 5) is 36.6. The Kier molecular flexibility index (Phi) is 5.75. The lowest BCUT2D eigenvalue weighted by Gasteiger charge is -2.24. The van der Waals surface area contributed by atoms with Crippen LogP contribution in [0.5, 0.6) is 0 Å². The molecule has 1 saturated heterocycles. The molecule has 7 nitrogen and oxygen atoms in total. The SMILES string of the molecule is COC(=O)C(CC(=O)N1CCCC1OC)C(=O)OC. The molecule has 0 aromatic heterocycles. The smallest absolute Gasteiger partial charge is 0.320 e. The average Bonchev–Trinajstić information content (AvgIpc) is 2.91. The van der Waals surface area contributed by atoms with E-state index in [1.165, 1.54) is 12.0 Å². The number of hydrogen-bond acceptors (Lipinski definition) is 6. The van der Waals surface area contributed by atoms with Crippen molar-refractivity contribution < 1.29 is 28.6 Å². The van der Waals surface area contributed by atoms with Gasteiger partial charge in [-0.05, 0) is 12.8 Å². The normalized spacial score (nSPS) is 18.5. The minimum absolute atomic E-state index is 0.265. The molecular weight excluding hydrogens is 254 g/mol. The number of esters is 2. The molecule has 0 radical (unpaired) electrons. The van der Waals surface area contributed by atoms with Crippen molar-refractivity contribution >= 4 is 17.8 Å². The summed E-state index contributed by atoms with van der Waals surface area (Å²) in [6, 6.07) is 0. The van der Waals surface area contributed by atoms with Crippen molar-refractivity contribution in [3.8, 4) is 0 Å². The first kappa shape index (κ1) is 15.4. The molecule has 0 saturated carbocycles. The summed E-state index contributed by atoms with van der Waals surface area (Å²) in [7, 11) is 3.85. The molecule has 0 bridgehead atoms.